The fourth-order valence-electron chi connectivity index (χ4n) is 2.39. The second kappa shape index (κ2) is 9.58. The van der Waals surface area contributed by atoms with E-state index in [-0.39, 0.29) is 6.61 Å². The molecule has 5 heteroatoms. The Kier molecular flexibility index (Phi) is 8.13. The Balaban J connectivity index is 0.00000127. The quantitative estimate of drug-likeness (QED) is 0.824. The van der Waals surface area contributed by atoms with E-state index in [1.54, 1.807) is 6.07 Å². The first kappa shape index (κ1) is 19.5. The normalized spacial score (nSPS) is 10.2. The van der Waals surface area contributed by atoms with Crippen LogP contribution in [0.4, 0.5) is 0 Å². The standard InChI is InChI=1S/C16H21ClN2O2.C2H6/c1-4-14-16(15(5-2)19(18-14)6-7-20)21-13-9-11(3)8-12(17)10-13;1-2/h8-10,20H,4-7H2,1-3H3;1-2H3. The van der Waals surface area contributed by atoms with Crippen molar-refractivity contribution in [2.45, 2.75) is 54.0 Å². The first-order valence-corrected chi connectivity index (χ1v) is 8.61. The summed E-state index contributed by atoms with van der Waals surface area (Å²) in [6.45, 7) is 10.6. The lowest BCUT2D eigenvalue weighted by Crippen LogP contribution is -2.07. The van der Waals surface area contributed by atoms with Crippen LogP contribution in [-0.4, -0.2) is 21.5 Å². The summed E-state index contributed by atoms with van der Waals surface area (Å²) in [4.78, 5) is 0. The highest BCUT2D eigenvalue weighted by atomic mass is 35.5. The number of hydrogen-bond donors (Lipinski definition) is 1. The number of ether oxygens (including phenoxy) is 1. The molecule has 0 unspecified atom stereocenters. The van der Waals surface area contributed by atoms with Gasteiger partial charge in [0.1, 0.15) is 11.4 Å². The maximum absolute atomic E-state index is 9.16. The zero-order chi connectivity index (χ0) is 17.4. The van der Waals surface area contributed by atoms with Gasteiger partial charge in [0.05, 0.1) is 18.8 Å². The summed E-state index contributed by atoms with van der Waals surface area (Å²) in [6, 6.07) is 5.65. The van der Waals surface area contributed by atoms with Crippen molar-refractivity contribution in [3.05, 3.63) is 40.2 Å². The Bertz CT molecular complexity index is 603. The molecule has 0 aliphatic carbocycles. The van der Waals surface area contributed by atoms with Crippen molar-refractivity contribution < 1.29 is 9.84 Å². The lowest BCUT2D eigenvalue weighted by Gasteiger charge is -2.10. The minimum absolute atomic E-state index is 0.0630. The van der Waals surface area contributed by atoms with E-state index in [9.17, 15) is 0 Å². The highest BCUT2D eigenvalue weighted by molar-refractivity contribution is 6.30. The summed E-state index contributed by atoms with van der Waals surface area (Å²) in [7, 11) is 0. The SMILES string of the molecule is CC.CCc1nn(CCO)c(CC)c1Oc1cc(C)cc(Cl)c1. The third-order valence-corrected chi connectivity index (χ3v) is 3.51. The highest BCUT2D eigenvalue weighted by Gasteiger charge is 2.17. The molecule has 1 N–H and O–H groups in total. The van der Waals surface area contributed by atoms with Gasteiger partial charge >= 0.3 is 0 Å². The molecule has 0 fully saturated rings. The van der Waals surface area contributed by atoms with E-state index in [2.05, 4.69) is 12.0 Å². The molecule has 2 rings (SSSR count). The molecule has 0 radical (unpaired) electrons. The van der Waals surface area contributed by atoms with Crippen molar-refractivity contribution in [3.8, 4) is 11.5 Å². The average molecular weight is 339 g/mol. The Morgan fingerprint density at radius 3 is 2.39 bits per heavy atom. The number of aliphatic hydroxyl groups is 1. The van der Waals surface area contributed by atoms with Gasteiger partial charge in [-0.25, -0.2) is 0 Å². The number of rotatable bonds is 6. The molecule has 2 aromatic rings. The molecule has 0 amide bonds. The van der Waals surface area contributed by atoms with Crippen molar-refractivity contribution in [2.24, 2.45) is 0 Å². The van der Waals surface area contributed by atoms with E-state index in [1.165, 1.54) is 0 Å². The molecule has 0 atom stereocenters. The lowest BCUT2D eigenvalue weighted by molar-refractivity contribution is 0.267. The molecule has 23 heavy (non-hydrogen) atoms. The molecule has 0 saturated carbocycles. The van der Waals surface area contributed by atoms with E-state index >= 15 is 0 Å². The van der Waals surface area contributed by atoms with E-state index in [4.69, 9.17) is 21.4 Å². The molecule has 0 aliphatic heterocycles. The second-order valence-electron chi connectivity index (χ2n) is 4.94. The first-order chi connectivity index (χ1) is 11.1. The molecule has 0 spiro atoms. The molecule has 1 aromatic heterocycles. The van der Waals surface area contributed by atoms with Crippen LogP contribution in [0, 0.1) is 6.92 Å². The van der Waals surface area contributed by atoms with E-state index in [1.807, 2.05) is 44.5 Å². The Morgan fingerprint density at radius 2 is 1.87 bits per heavy atom. The predicted octanol–water partition coefficient (Wildman–Crippen LogP) is 4.78. The van der Waals surface area contributed by atoms with Crippen molar-refractivity contribution in [1.29, 1.82) is 0 Å². The van der Waals surface area contributed by atoms with Gasteiger partial charge in [-0.05, 0) is 43.5 Å². The number of benzene rings is 1. The Morgan fingerprint density at radius 1 is 1.17 bits per heavy atom. The van der Waals surface area contributed by atoms with Gasteiger partial charge in [0, 0.05) is 5.02 Å². The second-order valence-corrected chi connectivity index (χ2v) is 5.38. The van der Waals surface area contributed by atoms with Crippen molar-refractivity contribution >= 4 is 11.6 Å². The van der Waals surface area contributed by atoms with Gasteiger partial charge in [-0.2, -0.15) is 5.10 Å². The minimum atomic E-state index is 0.0630. The van der Waals surface area contributed by atoms with E-state index in [0.29, 0.717) is 17.3 Å². The van der Waals surface area contributed by atoms with Crippen LogP contribution < -0.4 is 4.74 Å². The summed E-state index contributed by atoms with van der Waals surface area (Å²) >= 11 is 6.08. The summed E-state index contributed by atoms with van der Waals surface area (Å²) in [5, 5.41) is 14.3. The van der Waals surface area contributed by atoms with Gasteiger partial charge in [0.2, 0.25) is 0 Å². The molecular weight excluding hydrogens is 312 g/mol. The van der Waals surface area contributed by atoms with Crippen LogP contribution >= 0.6 is 11.6 Å². The average Bonchev–Trinajstić information content (AvgIpc) is 2.85. The van der Waals surface area contributed by atoms with Crippen molar-refractivity contribution in [2.75, 3.05) is 6.61 Å². The fourth-order valence-corrected chi connectivity index (χ4v) is 2.67. The minimum Gasteiger partial charge on any atom is -0.453 e. The van der Waals surface area contributed by atoms with Crippen LogP contribution in [0.25, 0.3) is 0 Å². The van der Waals surface area contributed by atoms with E-state index in [0.717, 1.165) is 35.5 Å². The highest BCUT2D eigenvalue weighted by Crippen LogP contribution is 2.32. The van der Waals surface area contributed by atoms with Gasteiger partial charge in [-0.1, -0.05) is 39.3 Å². The van der Waals surface area contributed by atoms with Crippen LogP contribution in [0.5, 0.6) is 11.5 Å². The summed E-state index contributed by atoms with van der Waals surface area (Å²) in [5.41, 5.74) is 2.95. The number of aromatic nitrogens is 2. The molecule has 0 aliphatic rings. The van der Waals surface area contributed by atoms with Crippen LogP contribution in [0.3, 0.4) is 0 Å². The zero-order valence-corrected chi connectivity index (χ0v) is 15.4. The number of aryl methyl sites for hydroxylation is 2. The fraction of sp³-hybridized carbons (Fsp3) is 0.500. The van der Waals surface area contributed by atoms with Gasteiger partial charge < -0.3 is 9.84 Å². The molecule has 128 valence electrons. The summed E-state index contributed by atoms with van der Waals surface area (Å²) < 4.78 is 7.89. The van der Waals surface area contributed by atoms with E-state index < -0.39 is 0 Å². The maximum atomic E-state index is 9.16. The number of nitrogens with zero attached hydrogens (tertiary/aromatic N) is 2. The maximum Gasteiger partial charge on any atom is 0.171 e. The Hall–Kier alpha value is -1.52. The molecule has 1 heterocycles. The lowest BCUT2D eigenvalue weighted by atomic mass is 10.2. The molecule has 1 aromatic carbocycles. The van der Waals surface area contributed by atoms with Crippen LogP contribution in [-0.2, 0) is 19.4 Å². The monoisotopic (exact) mass is 338 g/mol. The summed E-state index contributed by atoms with van der Waals surface area (Å²) in [5.74, 6) is 1.50. The first-order valence-electron chi connectivity index (χ1n) is 8.23. The predicted molar refractivity (Wildman–Crippen MR) is 95.7 cm³/mol. The smallest absolute Gasteiger partial charge is 0.171 e. The van der Waals surface area contributed by atoms with Crippen molar-refractivity contribution in [1.82, 2.24) is 9.78 Å². The van der Waals surface area contributed by atoms with Gasteiger partial charge in [-0.3, -0.25) is 4.68 Å². The van der Waals surface area contributed by atoms with Crippen LogP contribution in [0.15, 0.2) is 18.2 Å². The van der Waals surface area contributed by atoms with Crippen LogP contribution in [0.1, 0.15) is 44.6 Å². The molecule has 4 nitrogen and oxygen atoms in total. The molecule has 0 bridgehead atoms. The van der Waals surface area contributed by atoms with Crippen LogP contribution in [0.2, 0.25) is 5.02 Å². The zero-order valence-electron chi connectivity index (χ0n) is 14.7. The summed E-state index contributed by atoms with van der Waals surface area (Å²) in [6.07, 6.45) is 1.57. The van der Waals surface area contributed by atoms with Gasteiger partial charge in [0.15, 0.2) is 5.75 Å². The molecular formula is C18H27ClN2O2. The van der Waals surface area contributed by atoms with Gasteiger partial charge in [-0.15, -0.1) is 0 Å². The topological polar surface area (TPSA) is 47.3 Å². The number of halogens is 1. The van der Waals surface area contributed by atoms with Gasteiger partial charge in [0.25, 0.3) is 0 Å². The third-order valence-electron chi connectivity index (χ3n) is 3.29. The third kappa shape index (κ3) is 4.98. The molecule has 0 saturated heterocycles. The Labute approximate surface area is 144 Å². The largest absolute Gasteiger partial charge is 0.453 e. The number of hydrogen-bond acceptors (Lipinski definition) is 3. The van der Waals surface area contributed by atoms with Crippen molar-refractivity contribution in [3.63, 3.8) is 0 Å². The number of aliphatic hydroxyl groups excluding tert-OH is 1.